The molecule has 0 saturated heterocycles. The second-order valence-electron chi connectivity index (χ2n) is 9.73. The lowest BCUT2D eigenvalue weighted by molar-refractivity contribution is -0.269. The zero-order chi connectivity index (χ0) is 18.1. The second-order valence-corrected chi connectivity index (χ2v) is 9.73. The molecule has 4 heteroatoms. The van der Waals surface area contributed by atoms with Crippen LogP contribution < -0.4 is 0 Å². The van der Waals surface area contributed by atoms with Gasteiger partial charge in [-0.05, 0) is 68.6 Å². The van der Waals surface area contributed by atoms with E-state index in [0.717, 1.165) is 44.9 Å². The molecule has 0 aromatic carbocycles. The van der Waals surface area contributed by atoms with Gasteiger partial charge in [-0.3, -0.25) is 4.79 Å². The van der Waals surface area contributed by atoms with Crippen molar-refractivity contribution in [2.24, 2.45) is 28.6 Å². The first kappa shape index (κ1) is 17.9. The molecule has 4 aliphatic carbocycles. The minimum absolute atomic E-state index is 0.228. The van der Waals surface area contributed by atoms with Crippen molar-refractivity contribution in [2.75, 3.05) is 14.2 Å². The second kappa shape index (κ2) is 5.53. The molecule has 0 spiro atoms. The summed E-state index contributed by atoms with van der Waals surface area (Å²) in [5.41, 5.74) is -1.06. The van der Waals surface area contributed by atoms with Gasteiger partial charge in [0.15, 0.2) is 5.79 Å². The van der Waals surface area contributed by atoms with Crippen molar-refractivity contribution in [2.45, 2.75) is 83.0 Å². The molecular formula is C21H34O4. The summed E-state index contributed by atoms with van der Waals surface area (Å²) in [5.74, 6) is 1.23. The molecule has 0 amide bonds. The van der Waals surface area contributed by atoms with Crippen molar-refractivity contribution < 1.29 is 19.4 Å². The highest BCUT2D eigenvalue weighted by Crippen LogP contribution is 2.67. The maximum atomic E-state index is 12.5. The Morgan fingerprint density at radius 1 is 0.960 bits per heavy atom. The third kappa shape index (κ3) is 2.14. The van der Waals surface area contributed by atoms with Gasteiger partial charge in [-0.1, -0.05) is 6.92 Å². The molecule has 4 fully saturated rings. The van der Waals surface area contributed by atoms with E-state index in [1.54, 1.807) is 14.2 Å². The highest BCUT2D eigenvalue weighted by molar-refractivity contribution is 5.88. The third-order valence-corrected chi connectivity index (χ3v) is 9.31. The van der Waals surface area contributed by atoms with Crippen molar-refractivity contribution >= 4 is 5.78 Å². The van der Waals surface area contributed by atoms with Crippen molar-refractivity contribution in [3.63, 3.8) is 0 Å². The molecule has 0 unspecified atom stereocenters. The summed E-state index contributed by atoms with van der Waals surface area (Å²) in [4.78, 5) is 12.5. The van der Waals surface area contributed by atoms with E-state index in [-0.39, 0.29) is 11.3 Å². The van der Waals surface area contributed by atoms with Crippen LogP contribution in [0.5, 0.6) is 0 Å². The number of ketones is 1. The lowest BCUT2D eigenvalue weighted by atomic mass is 9.43. The van der Waals surface area contributed by atoms with Gasteiger partial charge in [-0.2, -0.15) is 0 Å². The topological polar surface area (TPSA) is 55.8 Å². The van der Waals surface area contributed by atoms with E-state index >= 15 is 0 Å². The summed E-state index contributed by atoms with van der Waals surface area (Å²) in [6, 6.07) is 0. The predicted molar refractivity (Wildman–Crippen MR) is 94.9 cm³/mol. The first-order chi connectivity index (χ1) is 11.7. The first-order valence-corrected chi connectivity index (χ1v) is 10.1. The van der Waals surface area contributed by atoms with Crippen LogP contribution in [0.3, 0.4) is 0 Å². The smallest absolute Gasteiger partial charge is 0.167 e. The van der Waals surface area contributed by atoms with Crippen LogP contribution in [0.15, 0.2) is 0 Å². The molecule has 6 atom stereocenters. The summed E-state index contributed by atoms with van der Waals surface area (Å²) >= 11 is 0. The number of rotatable bonds is 2. The van der Waals surface area contributed by atoms with Crippen LogP contribution in [-0.2, 0) is 14.3 Å². The maximum Gasteiger partial charge on any atom is 0.167 e. The van der Waals surface area contributed by atoms with Crippen LogP contribution in [0.4, 0.5) is 0 Å². The van der Waals surface area contributed by atoms with Crippen LogP contribution in [0.25, 0.3) is 0 Å². The van der Waals surface area contributed by atoms with E-state index in [0.29, 0.717) is 30.5 Å². The molecule has 25 heavy (non-hydrogen) atoms. The minimum atomic E-state index is -0.780. The largest absolute Gasteiger partial charge is 0.389 e. The van der Waals surface area contributed by atoms with Crippen LogP contribution in [0.2, 0.25) is 0 Å². The molecule has 0 aromatic rings. The Morgan fingerprint density at radius 2 is 1.68 bits per heavy atom. The van der Waals surface area contributed by atoms with E-state index in [1.807, 2.05) is 6.92 Å². The SMILES string of the molecule is COC1(OC)CC[C@]2(C)[C@@H](CC[C@H]3[C@@H]2CC[C@@]2(C)C(=O)CC[C@@]32O)C1. The minimum Gasteiger partial charge on any atom is -0.389 e. The van der Waals surface area contributed by atoms with Crippen molar-refractivity contribution in [3.05, 3.63) is 0 Å². The highest BCUT2D eigenvalue weighted by Gasteiger charge is 2.68. The molecule has 4 aliphatic rings. The van der Waals surface area contributed by atoms with Gasteiger partial charge in [-0.25, -0.2) is 0 Å². The molecule has 0 radical (unpaired) electrons. The number of Topliss-reactive ketones (excluding diaryl/α,β-unsaturated/α-hetero) is 1. The van der Waals surface area contributed by atoms with Gasteiger partial charge in [0.25, 0.3) is 0 Å². The molecule has 4 nitrogen and oxygen atoms in total. The van der Waals surface area contributed by atoms with E-state index in [1.165, 1.54) is 0 Å². The van der Waals surface area contributed by atoms with Gasteiger partial charge in [0.2, 0.25) is 0 Å². The fraction of sp³-hybridized carbons (Fsp3) is 0.952. The molecule has 0 aliphatic heterocycles. The molecule has 1 N–H and O–H groups in total. The number of methoxy groups -OCH3 is 2. The van der Waals surface area contributed by atoms with Gasteiger partial charge in [0.05, 0.1) is 11.0 Å². The van der Waals surface area contributed by atoms with Crippen molar-refractivity contribution in [3.8, 4) is 0 Å². The van der Waals surface area contributed by atoms with E-state index in [2.05, 4.69) is 6.92 Å². The molecular weight excluding hydrogens is 316 g/mol. The summed E-state index contributed by atoms with van der Waals surface area (Å²) in [6.07, 6.45) is 8.27. The summed E-state index contributed by atoms with van der Waals surface area (Å²) in [6.45, 7) is 4.47. The number of hydrogen-bond donors (Lipinski definition) is 1. The summed E-state index contributed by atoms with van der Waals surface area (Å²) < 4.78 is 11.5. The molecule has 0 heterocycles. The average molecular weight is 350 g/mol. The number of carbonyl (C=O) groups is 1. The maximum absolute atomic E-state index is 12.5. The molecule has 4 rings (SSSR count). The van der Waals surface area contributed by atoms with Crippen LogP contribution in [0, 0.1) is 28.6 Å². The van der Waals surface area contributed by atoms with Gasteiger partial charge >= 0.3 is 0 Å². The average Bonchev–Trinajstić information content (AvgIpc) is 2.86. The highest BCUT2D eigenvalue weighted by atomic mass is 16.7. The lowest BCUT2D eigenvalue weighted by Gasteiger charge is -2.63. The Kier molecular flexibility index (Phi) is 3.97. The van der Waals surface area contributed by atoms with Gasteiger partial charge in [-0.15, -0.1) is 0 Å². The van der Waals surface area contributed by atoms with Gasteiger partial charge in [0.1, 0.15) is 5.78 Å². The number of aliphatic hydroxyl groups is 1. The van der Waals surface area contributed by atoms with Crippen LogP contribution in [0.1, 0.15) is 71.6 Å². The van der Waals surface area contributed by atoms with Gasteiger partial charge in [0, 0.05) is 33.5 Å². The third-order valence-electron chi connectivity index (χ3n) is 9.31. The van der Waals surface area contributed by atoms with Crippen molar-refractivity contribution in [1.82, 2.24) is 0 Å². The molecule has 0 bridgehead atoms. The van der Waals surface area contributed by atoms with Gasteiger partial charge < -0.3 is 14.6 Å². The zero-order valence-corrected chi connectivity index (χ0v) is 16.3. The Hall–Kier alpha value is -0.450. The summed E-state index contributed by atoms with van der Waals surface area (Å²) in [5, 5.41) is 11.7. The Bertz CT molecular complexity index is 570. The predicted octanol–water partition coefficient (Wildman–Crippen LogP) is 3.70. The quantitative estimate of drug-likeness (QED) is 0.772. The fourth-order valence-electron chi connectivity index (χ4n) is 7.38. The van der Waals surface area contributed by atoms with E-state index < -0.39 is 16.8 Å². The van der Waals surface area contributed by atoms with E-state index in [4.69, 9.17) is 9.47 Å². The fourth-order valence-corrected chi connectivity index (χ4v) is 7.38. The molecule has 0 aromatic heterocycles. The number of carbonyl (C=O) groups excluding carboxylic acids is 1. The number of ether oxygens (including phenoxy) is 2. The number of hydrogen-bond acceptors (Lipinski definition) is 4. The van der Waals surface area contributed by atoms with Crippen molar-refractivity contribution in [1.29, 1.82) is 0 Å². The lowest BCUT2D eigenvalue weighted by Crippen LogP contribution is -2.63. The normalized spacial score (nSPS) is 51.6. The summed E-state index contributed by atoms with van der Waals surface area (Å²) in [7, 11) is 3.52. The Morgan fingerprint density at radius 3 is 2.36 bits per heavy atom. The number of fused-ring (bicyclic) bond motifs is 5. The van der Waals surface area contributed by atoms with E-state index in [9.17, 15) is 9.90 Å². The first-order valence-electron chi connectivity index (χ1n) is 10.1. The monoisotopic (exact) mass is 350 g/mol. The zero-order valence-electron chi connectivity index (χ0n) is 16.3. The Balaban J connectivity index is 1.65. The molecule has 4 saturated carbocycles. The van der Waals surface area contributed by atoms with Crippen LogP contribution in [-0.4, -0.2) is 36.5 Å². The standard InChI is InChI=1S/C21H34O4/c1-18-11-12-20(24-3,25-4)13-14(18)5-6-16-15(18)7-9-19(2)17(22)8-10-21(16,19)23/h14-16,23H,5-13H2,1-4H3/t14-,15-,16-,18+,19-,21+/m0/s1. The molecule has 142 valence electrons. The Labute approximate surface area is 151 Å². The van der Waals surface area contributed by atoms with Crippen LogP contribution >= 0.6 is 0 Å².